The molecule has 2 atom stereocenters. The Labute approximate surface area is 183 Å². The average molecular weight is 448 g/mol. The van der Waals surface area contributed by atoms with Gasteiger partial charge in [0.15, 0.2) is 5.65 Å². The summed E-state index contributed by atoms with van der Waals surface area (Å²) in [6.07, 6.45) is 4.35. The second-order valence-electron chi connectivity index (χ2n) is 8.30. The number of fused-ring (bicyclic) bond motifs is 1. The number of aromatic amines is 1. The third-order valence-electron chi connectivity index (χ3n) is 6.03. The van der Waals surface area contributed by atoms with Gasteiger partial charge in [-0.3, -0.25) is 9.59 Å². The summed E-state index contributed by atoms with van der Waals surface area (Å²) in [5.74, 6) is -2.88. The zero-order chi connectivity index (χ0) is 22.9. The number of halogens is 2. The summed E-state index contributed by atoms with van der Waals surface area (Å²) in [6, 6.07) is -0.0999. The smallest absolute Gasteiger partial charge is 0.255 e. The molecule has 1 saturated heterocycles. The molecule has 3 N–H and O–H groups in total. The van der Waals surface area contributed by atoms with E-state index < -0.39 is 5.92 Å². The highest BCUT2D eigenvalue weighted by atomic mass is 19.3. The van der Waals surface area contributed by atoms with Crippen LogP contribution in [0.2, 0.25) is 0 Å². The van der Waals surface area contributed by atoms with Crippen molar-refractivity contribution in [3.05, 3.63) is 30.6 Å². The molecule has 0 unspecified atom stereocenters. The number of anilines is 1. The minimum Gasteiger partial charge on any atom is -0.377 e. The summed E-state index contributed by atoms with van der Waals surface area (Å²) in [4.78, 5) is 37.9. The average Bonchev–Trinajstić information content (AvgIpc) is 3.19. The summed E-state index contributed by atoms with van der Waals surface area (Å²) in [7, 11) is 1.59. The molecule has 1 saturated carbocycles. The molecule has 1 aliphatic carbocycles. The van der Waals surface area contributed by atoms with Crippen LogP contribution in [0, 0.1) is 5.92 Å². The van der Waals surface area contributed by atoms with E-state index in [-0.39, 0.29) is 49.3 Å². The van der Waals surface area contributed by atoms with Gasteiger partial charge >= 0.3 is 0 Å². The number of aromatic nitrogens is 3. The van der Waals surface area contributed by atoms with E-state index >= 15 is 0 Å². The Morgan fingerprint density at radius 1 is 1.44 bits per heavy atom. The summed E-state index contributed by atoms with van der Waals surface area (Å²) >= 11 is 0. The number of hydrogen-bond acceptors (Lipinski definition) is 6. The zero-order valence-electron chi connectivity index (χ0n) is 17.7. The predicted octanol–water partition coefficient (Wildman–Crippen LogP) is 1.95. The fourth-order valence-electron chi connectivity index (χ4n) is 4.24. The summed E-state index contributed by atoms with van der Waals surface area (Å²) in [6.45, 7) is 4.70. The minimum absolute atomic E-state index is 0.0999. The van der Waals surface area contributed by atoms with Gasteiger partial charge < -0.3 is 25.3 Å². The lowest BCUT2D eigenvalue weighted by Crippen LogP contribution is -2.52. The number of rotatable bonds is 7. The highest BCUT2D eigenvalue weighted by molar-refractivity contribution is 6.04. The molecular weight excluding hydrogens is 422 g/mol. The number of methoxy groups -OCH3 is 1. The van der Waals surface area contributed by atoms with Crippen LogP contribution in [0.5, 0.6) is 0 Å². The Bertz CT molecular complexity index is 1020. The van der Waals surface area contributed by atoms with Crippen LogP contribution in [0.3, 0.4) is 0 Å². The van der Waals surface area contributed by atoms with Crippen LogP contribution in [0.4, 0.5) is 14.6 Å². The van der Waals surface area contributed by atoms with Gasteiger partial charge in [-0.25, -0.2) is 18.7 Å². The maximum Gasteiger partial charge on any atom is 0.255 e. The Kier molecular flexibility index (Phi) is 6.09. The van der Waals surface area contributed by atoms with Crippen LogP contribution in [0.25, 0.3) is 11.2 Å². The SMILES string of the molecule is C=CC(=O)N1CC[C@H](Nc2cnc3[nH]cc(C(=O)NCC4CC(F)(F)C4)c3n2)[C@H](OC)C1. The topological polar surface area (TPSA) is 112 Å². The lowest BCUT2D eigenvalue weighted by atomic mass is 9.81. The van der Waals surface area contributed by atoms with Crippen LogP contribution in [-0.4, -0.2) is 76.5 Å². The van der Waals surface area contributed by atoms with Gasteiger partial charge in [0, 0.05) is 45.8 Å². The van der Waals surface area contributed by atoms with Gasteiger partial charge in [0.1, 0.15) is 11.3 Å². The number of alkyl halides is 2. The number of likely N-dealkylation sites (tertiary alicyclic amines) is 1. The number of ether oxygens (including phenoxy) is 1. The largest absolute Gasteiger partial charge is 0.377 e. The van der Waals surface area contributed by atoms with Gasteiger partial charge in [0.25, 0.3) is 5.91 Å². The Hall–Kier alpha value is -3.08. The third kappa shape index (κ3) is 4.57. The molecule has 3 heterocycles. The Balaban J connectivity index is 1.42. The molecule has 4 rings (SSSR count). The van der Waals surface area contributed by atoms with E-state index in [1.807, 2.05) is 0 Å². The van der Waals surface area contributed by atoms with Crippen LogP contribution in [0.15, 0.2) is 25.0 Å². The van der Waals surface area contributed by atoms with Crippen molar-refractivity contribution in [3.8, 4) is 0 Å². The fraction of sp³-hybridized carbons (Fsp3) is 0.524. The van der Waals surface area contributed by atoms with Crippen molar-refractivity contribution in [1.29, 1.82) is 0 Å². The highest BCUT2D eigenvalue weighted by Gasteiger charge is 2.45. The maximum absolute atomic E-state index is 13.0. The molecule has 172 valence electrons. The van der Waals surface area contributed by atoms with E-state index in [4.69, 9.17) is 4.74 Å². The van der Waals surface area contributed by atoms with Crippen LogP contribution in [-0.2, 0) is 9.53 Å². The molecule has 11 heteroatoms. The number of H-pyrrole nitrogens is 1. The molecule has 2 amide bonds. The van der Waals surface area contributed by atoms with Gasteiger partial charge in [-0.1, -0.05) is 6.58 Å². The molecule has 2 aromatic rings. The van der Waals surface area contributed by atoms with Gasteiger partial charge in [-0.15, -0.1) is 0 Å². The lowest BCUT2D eigenvalue weighted by molar-refractivity contribution is -0.129. The molecule has 1 aliphatic heterocycles. The molecule has 0 aromatic carbocycles. The normalized spacial score (nSPS) is 22.9. The quantitative estimate of drug-likeness (QED) is 0.558. The summed E-state index contributed by atoms with van der Waals surface area (Å²) < 4.78 is 31.5. The number of amides is 2. The molecule has 2 fully saturated rings. The first kappa shape index (κ1) is 22.1. The van der Waals surface area contributed by atoms with Crippen molar-refractivity contribution >= 4 is 28.8 Å². The van der Waals surface area contributed by atoms with Gasteiger partial charge in [-0.05, 0) is 18.4 Å². The maximum atomic E-state index is 13.0. The molecule has 0 bridgehead atoms. The van der Waals surface area contributed by atoms with Gasteiger partial charge in [-0.2, -0.15) is 0 Å². The van der Waals surface area contributed by atoms with Crippen LogP contribution in [0.1, 0.15) is 29.6 Å². The molecule has 2 aromatic heterocycles. The number of hydrogen-bond donors (Lipinski definition) is 3. The fourth-order valence-corrected chi connectivity index (χ4v) is 4.24. The number of nitrogens with zero attached hydrogens (tertiary/aromatic N) is 3. The van der Waals surface area contributed by atoms with Crippen molar-refractivity contribution < 1.29 is 23.1 Å². The Morgan fingerprint density at radius 3 is 2.91 bits per heavy atom. The monoisotopic (exact) mass is 448 g/mol. The second-order valence-corrected chi connectivity index (χ2v) is 8.30. The van der Waals surface area contributed by atoms with Crippen molar-refractivity contribution in [2.24, 2.45) is 5.92 Å². The van der Waals surface area contributed by atoms with E-state index in [2.05, 4.69) is 32.2 Å². The second kappa shape index (κ2) is 8.81. The van der Waals surface area contributed by atoms with E-state index in [1.54, 1.807) is 18.2 Å². The number of carbonyl (C=O) groups is 2. The van der Waals surface area contributed by atoms with Crippen LogP contribution < -0.4 is 10.6 Å². The highest BCUT2D eigenvalue weighted by Crippen LogP contribution is 2.41. The zero-order valence-corrected chi connectivity index (χ0v) is 17.7. The van der Waals surface area contributed by atoms with Crippen molar-refractivity contribution in [2.75, 3.05) is 32.1 Å². The van der Waals surface area contributed by atoms with Gasteiger partial charge in [0.2, 0.25) is 11.8 Å². The standard InChI is InChI=1S/C21H26F2N6O3/c1-3-17(30)29-5-4-14(15(11-29)32-2)27-16-10-25-19-18(28-16)13(9-24-19)20(31)26-8-12-6-21(22,23)7-12/h3,9-10,12,14-15H,1,4-8,11H2,2H3,(H,24,25)(H,26,31)(H,27,28)/t14-,15+/m0/s1. The van der Waals surface area contributed by atoms with Crippen molar-refractivity contribution in [2.45, 2.75) is 37.3 Å². The summed E-state index contributed by atoms with van der Waals surface area (Å²) in [5, 5.41) is 6.00. The number of carbonyl (C=O) groups excluding carboxylic acids is 2. The van der Waals surface area contributed by atoms with E-state index in [0.717, 1.165) is 0 Å². The Morgan fingerprint density at radius 2 is 2.22 bits per heavy atom. The molecular formula is C21H26F2N6O3. The van der Waals surface area contributed by atoms with Crippen molar-refractivity contribution in [3.63, 3.8) is 0 Å². The molecule has 0 spiro atoms. The molecule has 9 nitrogen and oxygen atoms in total. The number of nitrogens with one attached hydrogen (secondary N) is 3. The molecule has 2 aliphatic rings. The van der Waals surface area contributed by atoms with Crippen LogP contribution >= 0.6 is 0 Å². The summed E-state index contributed by atoms with van der Waals surface area (Å²) in [5.41, 5.74) is 1.14. The first-order valence-corrected chi connectivity index (χ1v) is 10.5. The third-order valence-corrected chi connectivity index (χ3v) is 6.03. The predicted molar refractivity (Wildman–Crippen MR) is 113 cm³/mol. The molecule has 32 heavy (non-hydrogen) atoms. The van der Waals surface area contributed by atoms with Crippen molar-refractivity contribution in [1.82, 2.24) is 25.2 Å². The van der Waals surface area contributed by atoms with Gasteiger partial charge in [0.05, 0.1) is 23.9 Å². The lowest BCUT2D eigenvalue weighted by Gasteiger charge is -2.37. The van der Waals surface area contributed by atoms with E-state index in [1.165, 1.54) is 12.3 Å². The number of piperidine rings is 1. The van der Waals surface area contributed by atoms with E-state index in [9.17, 15) is 18.4 Å². The van der Waals surface area contributed by atoms with E-state index in [0.29, 0.717) is 42.1 Å². The molecule has 0 radical (unpaired) electrons. The first-order valence-electron chi connectivity index (χ1n) is 10.5. The first-order chi connectivity index (χ1) is 15.3. The minimum atomic E-state index is -2.61.